The van der Waals surface area contributed by atoms with Crippen molar-refractivity contribution in [2.24, 2.45) is 0 Å². The number of rotatable bonds is 4. The van der Waals surface area contributed by atoms with Crippen LogP contribution in [0.15, 0.2) is 54.7 Å². The van der Waals surface area contributed by atoms with Crippen molar-refractivity contribution in [3.05, 3.63) is 54.7 Å². The first-order valence-electron chi connectivity index (χ1n) is 6.91. The highest BCUT2D eigenvalue weighted by Gasteiger charge is 2.07. The molecule has 0 bridgehead atoms. The molecule has 2 aromatic carbocycles. The van der Waals surface area contributed by atoms with E-state index in [1.807, 2.05) is 55.5 Å². The summed E-state index contributed by atoms with van der Waals surface area (Å²) in [6.45, 7) is 2.58. The van der Waals surface area contributed by atoms with Crippen molar-refractivity contribution in [1.82, 2.24) is 4.98 Å². The van der Waals surface area contributed by atoms with Gasteiger partial charge in [0.25, 0.3) is 0 Å². The fourth-order valence-corrected chi connectivity index (χ4v) is 2.30. The Kier molecular flexibility index (Phi) is 3.60. The number of ether oxygens (including phenoxy) is 1. The van der Waals surface area contributed by atoms with E-state index in [1.165, 1.54) is 0 Å². The molecule has 0 atom stereocenters. The lowest BCUT2D eigenvalue weighted by molar-refractivity contribution is 0.343. The van der Waals surface area contributed by atoms with Gasteiger partial charge in [-0.05, 0) is 37.3 Å². The molecule has 1 heterocycles. The van der Waals surface area contributed by atoms with Gasteiger partial charge in [0, 0.05) is 28.6 Å². The van der Waals surface area contributed by atoms with Gasteiger partial charge in [-0.15, -0.1) is 0 Å². The van der Waals surface area contributed by atoms with Gasteiger partial charge in [-0.2, -0.15) is 0 Å². The van der Waals surface area contributed by atoms with Crippen molar-refractivity contribution in [1.29, 1.82) is 0 Å². The van der Waals surface area contributed by atoms with Crippen molar-refractivity contribution in [3.8, 4) is 5.75 Å². The number of pyridine rings is 1. The molecule has 0 aliphatic carbocycles. The fraction of sp³-hybridized carbons (Fsp3) is 0.118. The van der Waals surface area contributed by atoms with E-state index in [2.05, 4.69) is 10.3 Å². The van der Waals surface area contributed by atoms with Gasteiger partial charge in [0.05, 0.1) is 6.61 Å². The molecule has 21 heavy (non-hydrogen) atoms. The number of para-hydroxylation sites is 1. The lowest BCUT2D eigenvalue weighted by Crippen LogP contribution is -1.97. The lowest BCUT2D eigenvalue weighted by atomic mass is 10.1. The van der Waals surface area contributed by atoms with Gasteiger partial charge in [-0.3, -0.25) is 4.98 Å². The summed E-state index contributed by atoms with van der Waals surface area (Å²) in [7, 11) is 0. The average Bonchev–Trinajstić information content (AvgIpc) is 2.48. The molecule has 0 aliphatic heterocycles. The molecule has 0 radical (unpaired) electrons. The van der Waals surface area contributed by atoms with Crippen LogP contribution in [0.3, 0.4) is 0 Å². The Morgan fingerprint density at radius 2 is 2.00 bits per heavy atom. The minimum Gasteiger partial charge on any atom is -0.492 e. The highest BCUT2D eigenvalue weighted by Crippen LogP contribution is 2.30. The van der Waals surface area contributed by atoms with Gasteiger partial charge in [0.1, 0.15) is 11.3 Å². The zero-order chi connectivity index (χ0) is 14.7. The van der Waals surface area contributed by atoms with Gasteiger partial charge in [0.15, 0.2) is 0 Å². The van der Waals surface area contributed by atoms with Crippen molar-refractivity contribution in [2.75, 3.05) is 17.7 Å². The number of nitrogens with two attached hydrogens (primary N) is 1. The summed E-state index contributed by atoms with van der Waals surface area (Å²) in [4.78, 5) is 4.43. The van der Waals surface area contributed by atoms with Crippen LogP contribution in [0.2, 0.25) is 0 Å². The van der Waals surface area contributed by atoms with Gasteiger partial charge in [0.2, 0.25) is 0 Å². The Labute approximate surface area is 123 Å². The largest absolute Gasteiger partial charge is 0.492 e. The number of hydrogen-bond acceptors (Lipinski definition) is 4. The molecule has 0 saturated carbocycles. The number of fused-ring (bicyclic) bond motifs is 1. The predicted molar refractivity (Wildman–Crippen MR) is 87.0 cm³/mol. The molecular weight excluding hydrogens is 262 g/mol. The number of nitrogen functional groups attached to an aromatic ring is 1. The number of aromatic nitrogens is 1. The smallest absolute Gasteiger partial charge is 0.145 e. The molecule has 0 unspecified atom stereocenters. The summed E-state index contributed by atoms with van der Waals surface area (Å²) in [5.41, 5.74) is 9.33. The maximum atomic E-state index is 5.82. The molecule has 0 amide bonds. The molecule has 3 rings (SSSR count). The van der Waals surface area contributed by atoms with E-state index in [0.29, 0.717) is 6.61 Å². The second-order valence-corrected chi connectivity index (χ2v) is 4.69. The zero-order valence-electron chi connectivity index (χ0n) is 11.8. The summed E-state index contributed by atoms with van der Waals surface area (Å²) < 4.78 is 5.63. The summed E-state index contributed by atoms with van der Waals surface area (Å²) >= 11 is 0. The van der Waals surface area contributed by atoms with E-state index < -0.39 is 0 Å². The molecule has 4 heteroatoms. The van der Waals surface area contributed by atoms with Crippen LogP contribution in [-0.4, -0.2) is 11.6 Å². The van der Waals surface area contributed by atoms with Crippen molar-refractivity contribution >= 4 is 28.0 Å². The van der Waals surface area contributed by atoms with E-state index in [1.54, 1.807) is 6.20 Å². The minimum absolute atomic E-state index is 0.619. The Balaban J connectivity index is 2.05. The maximum absolute atomic E-state index is 5.82. The summed E-state index contributed by atoms with van der Waals surface area (Å²) in [6, 6.07) is 15.5. The number of hydrogen-bond donors (Lipinski definition) is 2. The lowest BCUT2D eigenvalue weighted by Gasteiger charge is -2.12. The third-order valence-electron chi connectivity index (χ3n) is 3.20. The fourth-order valence-electron chi connectivity index (χ4n) is 2.30. The van der Waals surface area contributed by atoms with Crippen LogP contribution in [-0.2, 0) is 0 Å². The zero-order valence-corrected chi connectivity index (χ0v) is 11.8. The number of benzene rings is 2. The van der Waals surface area contributed by atoms with Crippen molar-refractivity contribution < 1.29 is 4.74 Å². The number of anilines is 3. The molecule has 0 aliphatic rings. The van der Waals surface area contributed by atoms with Crippen molar-refractivity contribution in [3.63, 3.8) is 0 Å². The van der Waals surface area contributed by atoms with Gasteiger partial charge < -0.3 is 15.8 Å². The second kappa shape index (κ2) is 5.71. The topological polar surface area (TPSA) is 60.2 Å². The standard InChI is InChI=1S/C17H17N3O/c1-2-21-16-8-4-7-14-15(9-10-19-17(14)16)20-13-6-3-5-12(18)11-13/h3-11H,2,18H2,1H3,(H,19,20). The highest BCUT2D eigenvalue weighted by molar-refractivity contribution is 5.96. The first-order chi connectivity index (χ1) is 10.3. The molecule has 0 fully saturated rings. The van der Waals surface area contributed by atoms with Gasteiger partial charge in [-0.1, -0.05) is 18.2 Å². The second-order valence-electron chi connectivity index (χ2n) is 4.69. The summed E-state index contributed by atoms with van der Waals surface area (Å²) in [5.74, 6) is 0.797. The van der Waals surface area contributed by atoms with Gasteiger partial charge >= 0.3 is 0 Å². The Morgan fingerprint density at radius 3 is 2.81 bits per heavy atom. The average molecular weight is 279 g/mol. The number of nitrogens with zero attached hydrogens (tertiary/aromatic N) is 1. The minimum atomic E-state index is 0.619. The van der Waals surface area contributed by atoms with E-state index in [9.17, 15) is 0 Å². The van der Waals surface area contributed by atoms with Crippen LogP contribution in [0.1, 0.15) is 6.92 Å². The predicted octanol–water partition coefficient (Wildman–Crippen LogP) is 3.96. The van der Waals surface area contributed by atoms with Crippen LogP contribution < -0.4 is 15.8 Å². The maximum Gasteiger partial charge on any atom is 0.145 e. The molecule has 3 aromatic rings. The van der Waals surface area contributed by atoms with Crippen LogP contribution in [0.4, 0.5) is 17.1 Å². The van der Waals surface area contributed by atoms with Crippen molar-refractivity contribution in [2.45, 2.75) is 6.92 Å². The Morgan fingerprint density at radius 1 is 1.14 bits per heavy atom. The quantitative estimate of drug-likeness (QED) is 0.710. The first kappa shape index (κ1) is 13.2. The van der Waals surface area contributed by atoms with E-state index in [0.717, 1.165) is 33.7 Å². The normalized spacial score (nSPS) is 10.5. The first-order valence-corrected chi connectivity index (χ1v) is 6.91. The van der Waals surface area contributed by atoms with Crippen LogP contribution >= 0.6 is 0 Å². The van der Waals surface area contributed by atoms with Crippen LogP contribution in [0.25, 0.3) is 10.9 Å². The molecule has 1 aromatic heterocycles. The molecule has 106 valence electrons. The summed E-state index contributed by atoms with van der Waals surface area (Å²) in [5, 5.41) is 4.40. The molecule has 0 spiro atoms. The molecule has 3 N–H and O–H groups in total. The molecule has 0 saturated heterocycles. The number of nitrogens with one attached hydrogen (secondary N) is 1. The van der Waals surface area contributed by atoms with E-state index in [-0.39, 0.29) is 0 Å². The van der Waals surface area contributed by atoms with E-state index in [4.69, 9.17) is 10.5 Å². The van der Waals surface area contributed by atoms with E-state index >= 15 is 0 Å². The Bertz CT molecular complexity index is 771. The third kappa shape index (κ3) is 2.74. The highest BCUT2D eigenvalue weighted by atomic mass is 16.5. The SMILES string of the molecule is CCOc1cccc2c(Nc3cccc(N)c3)ccnc12. The van der Waals surface area contributed by atoms with Gasteiger partial charge in [-0.25, -0.2) is 0 Å². The summed E-state index contributed by atoms with van der Waals surface area (Å²) in [6.07, 6.45) is 1.78. The monoisotopic (exact) mass is 279 g/mol. The molecule has 4 nitrogen and oxygen atoms in total. The van der Waals surface area contributed by atoms with Crippen LogP contribution in [0.5, 0.6) is 5.75 Å². The molecular formula is C17H17N3O. The van der Waals surface area contributed by atoms with Crippen LogP contribution in [0, 0.1) is 0 Å². The third-order valence-corrected chi connectivity index (χ3v) is 3.20. The Hall–Kier alpha value is -2.75.